The molecule has 102 valence electrons. The van der Waals surface area contributed by atoms with Crippen LogP contribution in [-0.4, -0.2) is 26.7 Å². The van der Waals surface area contributed by atoms with Gasteiger partial charge in [0.1, 0.15) is 0 Å². The van der Waals surface area contributed by atoms with E-state index in [4.69, 9.17) is 10.8 Å². The van der Waals surface area contributed by atoms with Crippen molar-refractivity contribution < 1.29 is 13.5 Å². The number of rotatable bonds is 6. The molecule has 0 aliphatic heterocycles. The lowest BCUT2D eigenvalue weighted by molar-refractivity contribution is 0.213. The molecule has 0 aromatic heterocycles. The lowest BCUT2D eigenvalue weighted by Crippen LogP contribution is -2.34. The lowest BCUT2D eigenvalue weighted by Gasteiger charge is -2.23. The quantitative estimate of drug-likeness (QED) is 0.672. The van der Waals surface area contributed by atoms with Crippen LogP contribution in [0.1, 0.15) is 20.3 Å². The molecular weight excluding hydrogens is 252 g/mol. The van der Waals surface area contributed by atoms with Gasteiger partial charge in [0.25, 0.3) is 0 Å². The van der Waals surface area contributed by atoms with Crippen molar-refractivity contribution in [2.45, 2.75) is 25.2 Å². The van der Waals surface area contributed by atoms with Gasteiger partial charge in [-0.3, -0.25) is 0 Å². The minimum Gasteiger partial charge on any atom is -0.399 e. The molecule has 0 aliphatic carbocycles. The van der Waals surface area contributed by atoms with Gasteiger partial charge in [-0.1, -0.05) is 19.9 Å². The first-order valence-electron chi connectivity index (χ1n) is 5.73. The number of sulfonamides is 1. The van der Waals surface area contributed by atoms with Gasteiger partial charge in [-0.2, -0.15) is 0 Å². The Balaban J connectivity index is 2.78. The standard InChI is InChI=1S/C12H20N2O3S/c1-12(2,6-7-15)9-14-18(16,17)11-5-3-4-10(13)8-11/h3-5,8,14-15H,6-7,9,13H2,1-2H3. The summed E-state index contributed by atoms with van der Waals surface area (Å²) in [6.45, 7) is 4.09. The maximum Gasteiger partial charge on any atom is 0.240 e. The highest BCUT2D eigenvalue weighted by Crippen LogP contribution is 2.20. The van der Waals surface area contributed by atoms with Crippen molar-refractivity contribution >= 4 is 15.7 Å². The largest absolute Gasteiger partial charge is 0.399 e. The minimum absolute atomic E-state index is 0.0347. The number of nitrogens with two attached hydrogens (primary N) is 1. The molecule has 0 fully saturated rings. The maximum absolute atomic E-state index is 12.0. The molecule has 5 nitrogen and oxygen atoms in total. The predicted molar refractivity (Wildman–Crippen MR) is 71.5 cm³/mol. The van der Waals surface area contributed by atoms with Crippen LogP contribution in [0.4, 0.5) is 5.69 Å². The first kappa shape index (κ1) is 14.9. The van der Waals surface area contributed by atoms with Crippen LogP contribution in [0.2, 0.25) is 0 Å². The van der Waals surface area contributed by atoms with E-state index in [-0.39, 0.29) is 23.5 Å². The molecule has 1 rings (SSSR count). The molecule has 0 spiro atoms. The second-order valence-electron chi connectivity index (χ2n) is 5.03. The highest BCUT2D eigenvalue weighted by Gasteiger charge is 2.21. The van der Waals surface area contributed by atoms with Gasteiger partial charge in [-0.05, 0) is 30.0 Å². The maximum atomic E-state index is 12.0. The zero-order valence-electron chi connectivity index (χ0n) is 10.7. The monoisotopic (exact) mass is 272 g/mol. The van der Waals surface area contributed by atoms with E-state index in [0.717, 1.165) is 0 Å². The van der Waals surface area contributed by atoms with Gasteiger partial charge in [0.05, 0.1) is 4.90 Å². The third kappa shape index (κ3) is 4.29. The van der Waals surface area contributed by atoms with Crippen molar-refractivity contribution in [2.24, 2.45) is 5.41 Å². The van der Waals surface area contributed by atoms with Crippen LogP contribution >= 0.6 is 0 Å². The van der Waals surface area contributed by atoms with Gasteiger partial charge in [0, 0.05) is 18.8 Å². The molecule has 0 radical (unpaired) electrons. The Kier molecular flexibility index (Phi) is 4.72. The molecule has 0 aliphatic rings. The van der Waals surface area contributed by atoms with Crippen LogP contribution in [0.15, 0.2) is 29.2 Å². The van der Waals surface area contributed by atoms with Gasteiger partial charge in [0.15, 0.2) is 0 Å². The molecular formula is C12H20N2O3S. The first-order valence-corrected chi connectivity index (χ1v) is 7.21. The van der Waals surface area contributed by atoms with E-state index in [1.54, 1.807) is 12.1 Å². The second kappa shape index (κ2) is 5.69. The van der Waals surface area contributed by atoms with Gasteiger partial charge in [-0.25, -0.2) is 13.1 Å². The molecule has 6 heteroatoms. The molecule has 0 bridgehead atoms. The summed E-state index contributed by atoms with van der Waals surface area (Å²) in [6, 6.07) is 6.15. The number of aliphatic hydroxyl groups excluding tert-OH is 1. The van der Waals surface area contributed by atoms with E-state index in [0.29, 0.717) is 12.1 Å². The predicted octanol–water partition coefficient (Wildman–Crippen LogP) is 0.956. The summed E-state index contributed by atoms with van der Waals surface area (Å²) in [7, 11) is -3.55. The molecule has 0 saturated carbocycles. The number of hydrogen-bond donors (Lipinski definition) is 3. The summed E-state index contributed by atoms with van der Waals surface area (Å²) in [4.78, 5) is 0.155. The molecule has 0 unspecified atom stereocenters. The highest BCUT2D eigenvalue weighted by atomic mass is 32.2. The van der Waals surface area contributed by atoms with Crippen LogP contribution in [0.25, 0.3) is 0 Å². The van der Waals surface area contributed by atoms with E-state index in [9.17, 15) is 8.42 Å². The van der Waals surface area contributed by atoms with Crippen molar-refractivity contribution in [3.05, 3.63) is 24.3 Å². The normalized spacial score (nSPS) is 12.6. The van der Waals surface area contributed by atoms with Crippen molar-refractivity contribution in [3.63, 3.8) is 0 Å². The fraction of sp³-hybridized carbons (Fsp3) is 0.500. The Labute approximate surface area is 108 Å². The number of nitrogen functional groups attached to an aromatic ring is 1. The van der Waals surface area contributed by atoms with Crippen molar-refractivity contribution in [1.29, 1.82) is 0 Å². The van der Waals surface area contributed by atoms with Gasteiger partial charge in [-0.15, -0.1) is 0 Å². The van der Waals surface area contributed by atoms with Crippen LogP contribution in [0.3, 0.4) is 0 Å². The molecule has 0 saturated heterocycles. The molecule has 0 atom stereocenters. The van der Waals surface area contributed by atoms with E-state index in [2.05, 4.69) is 4.72 Å². The Morgan fingerprint density at radius 2 is 2.06 bits per heavy atom. The van der Waals surface area contributed by atoms with Crippen molar-refractivity contribution in [2.75, 3.05) is 18.9 Å². The van der Waals surface area contributed by atoms with Crippen LogP contribution in [-0.2, 0) is 10.0 Å². The van der Waals surface area contributed by atoms with E-state index in [1.165, 1.54) is 12.1 Å². The van der Waals surface area contributed by atoms with Crippen LogP contribution in [0.5, 0.6) is 0 Å². The molecule has 1 aromatic carbocycles. The van der Waals surface area contributed by atoms with Crippen molar-refractivity contribution in [1.82, 2.24) is 4.72 Å². The lowest BCUT2D eigenvalue weighted by atomic mass is 9.90. The smallest absolute Gasteiger partial charge is 0.240 e. The number of hydrogen-bond acceptors (Lipinski definition) is 4. The van der Waals surface area contributed by atoms with E-state index in [1.807, 2.05) is 13.8 Å². The summed E-state index contributed by atoms with van der Waals surface area (Å²) in [5.41, 5.74) is 5.68. The number of anilines is 1. The summed E-state index contributed by atoms with van der Waals surface area (Å²) in [6.07, 6.45) is 0.534. The first-order chi connectivity index (χ1) is 8.27. The summed E-state index contributed by atoms with van der Waals surface area (Å²) >= 11 is 0. The van der Waals surface area contributed by atoms with E-state index < -0.39 is 10.0 Å². The summed E-state index contributed by atoms with van der Waals surface area (Å²) < 4.78 is 26.5. The molecule has 1 aromatic rings. The Bertz CT molecular complexity index is 498. The number of benzene rings is 1. The second-order valence-corrected chi connectivity index (χ2v) is 6.80. The third-order valence-electron chi connectivity index (χ3n) is 2.70. The molecule has 0 heterocycles. The fourth-order valence-electron chi connectivity index (χ4n) is 1.45. The van der Waals surface area contributed by atoms with Gasteiger partial charge in [0.2, 0.25) is 10.0 Å². The SMILES string of the molecule is CC(C)(CCO)CNS(=O)(=O)c1cccc(N)c1. The Morgan fingerprint density at radius 3 is 2.61 bits per heavy atom. The fourth-order valence-corrected chi connectivity index (χ4v) is 2.74. The zero-order valence-corrected chi connectivity index (χ0v) is 11.5. The van der Waals surface area contributed by atoms with Crippen LogP contribution < -0.4 is 10.5 Å². The average molecular weight is 272 g/mol. The molecule has 0 amide bonds. The Morgan fingerprint density at radius 1 is 1.39 bits per heavy atom. The third-order valence-corrected chi connectivity index (χ3v) is 4.10. The minimum atomic E-state index is -3.55. The van der Waals surface area contributed by atoms with Gasteiger partial charge >= 0.3 is 0 Å². The van der Waals surface area contributed by atoms with E-state index >= 15 is 0 Å². The van der Waals surface area contributed by atoms with Crippen molar-refractivity contribution in [3.8, 4) is 0 Å². The van der Waals surface area contributed by atoms with Crippen LogP contribution in [0, 0.1) is 5.41 Å². The molecule has 18 heavy (non-hydrogen) atoms. The topological polar surface area (TPSA) is 92.4 Å². The summed E-state index contributed by atoms with van der Waals surface area (Å²) in [5, 5.41) is 8.89. The number of nitrogens with one attached hydrogen (secondary N) is 1. The van der Waals surface area contributed by atoms with Gasteiger partial charge < -0.3 is 10.8 Å². The summed E-state index contributed by atoms with van der Waals surface area (Å²) in [5.74, 6) is 0. The molecule has 4 N–H and O–H groups in total. The average Bonchev–Trinajstić information content (AvgIpc) is 2.27. The number of aliphatic hydroxyl groups is 1. The zero-order chi connectivity index (χ0) is 13.8. The highest BCUT2D eigenvalue weighted by molar-refractivity contribution is 7.89. The Hall–Kier alpha value is -1.11.